The third kappa shape index (κ3) is 3.69. The summed E-state index contributed by atoms with van der Waals surface area (Å²) in [6.45, 7) is 9.28. The molecule has 0 aromatic carbocycles. The standard InChI is InChI=1S/C15H29N3O/c1-3-14-7-5-4-6-10-18(14)15(19)13(2)17-11-8-16-9-12-17/h13-14,16H,3-12H2,1-2H3. The van der Waals surface area contributed by atoms with Gasteiger partial charge in [0.2, 0.25) is 5.91 Å². The summed E-state index contributed by atoms with van der Waals surface area (Å²) in [6, 6.07) is 0.523. The zero-order valence-corrected chi connectivity index (χ0v) is 12.5. The zero-order chi connectivity index (χ0) is 13.7. The number of hydrogen-bond donors (Lipinski definition) is 1. The molecule has 0 aliphatic carbocycles. The summed E-state index contributed by atoms with van der Waals surface area (Å²) in [4.78, 5) is 17.3. The van der Waals surface area contributed by atoms with Crippen LogP contribution in [0.15, 0.2) is 0 Å². The third-order valence-corrected chi connectivity index (χ3v) is 4.69. The molecule has 2 fully saturated rings. The van der Waals surface area contributed by atoms with Gasteiger partial charge in [-0.2, -0.15) is 0 Å². The second-order valence-corrected chi connectivity index (χ2v) is 5.90. The summed E-state index contributed by atoms with van der Waals surface area (Å²) in [6.07, 6.45) is 6.03. The summed E-state index contributed by atoms with van der Waals surface area (Å²) in [7, 11) is 0. The van der Waals surface area contributed by atoms with Crippen LogP contribution < -0.4 is 5.32 Å². The van der Waals surface area contributed by atoms with E-state index < -0.39 is 0 Å². The molecule has 2 saturated heterocycles. The van der Waals surface area contributed by atoms with Gasteiger partial charge in [0, 0.05) is 38.8 Å². The van der Waals surface area contributed by atoms with Gasteiger partial charge in [0.15, 0.2) is 0 Å². The Morgan fingerprint density at radius 3 is 2.63 bits per heavy atom. The van der Waals surface area contributed by atoms with E-state index in [2.05, 4.69) is 29.0 Å². The predicted octanol–water partition coefficient (Wildman–Crippen LogP) is 1.46. The third-order valence-electron chi connectivity index (χ3n) is 4.69. The molecule has 0 radical (unpaired) electrons. The van der Waals surface area contributed by atoms with Crippen molar-refractivity contribution in [1.29, 1.82) is 0 Å². The van der Waals surface area contributed by atoms with Crippen molar-refractivity contribution in [3.8, 4) is 0 Å². The van der Waals surface area contributed by atoms with Crippen molar-refractivity contribution in [1.82, 2.24) is 15.1 Å². The Morgan fingerprint density at radius 1 is 1.21 bits per heavy atom. The summed E-state index contributed by atoms with van der Waals surface area (Å²) >= 11 is 0. The first-order chi connectivity index (χ1) is 9.24. The first-order valence-corrected chi connectivity index (χ1v) is 7.99. The first-order valence-electron chi connectivity index (χ1n) is 7.99. The average Bonchev–Trinajstić information content (AvgIpc) is 2.71. The van der Waals surface area contributed by atoms with Crippen molar-refractivity contribution in [3.63, 3.8) is 0 Å². The van der Waals surface area contributed by atoms with Crippen LogP contribution in [-0.4, -0.2) is 60.5 Å². The molecule has 19 heavy (non-hydrogen) atoms. The van der Waals surface area contributed by atoms with E-state index in [1.165, 1.54) is 25.7 Å². The molecule has 0 aromatic heterocycles. The van der Waals surface area contributed by atoms with Crippen LogP contribution in [0.4, 0.5) is 0 Å². The highest BCUT2D eigenvalue weighted by molar-refractivity contribution is 5.81. The quantitative estimate of drug-likeness (QED) is 0.841. The molecule has 2 aliphatic heterocycles. The largest absolute Gasteiger partial charge is 0.338 e. The highest BCUT2D eigenvalue weighted by atomic mass is 16.2. The van der Waals surface area contributed by atoms with Crippen LogP contribution in [0, 0.1) is 0 Å². The van der Waals surface area contributed by atoms with E-state index in [1.54, 1.807) is 0 Å². The molecule has 0 aromatic rings. The number of nitrogens with one attached hydrogen (secondary N) is 1. The Kier molecular flexibility index (Phi) is 5.64. The van der Waals surface area contributed by atoms with E-state index in [-0.39, 0.29) is 6.04 Å². The van der Waals surface area contributed by atoms with Crippen molar-refractivity contribution in [2.75, 3.05) is 32.7 Å². The molecule has 4 heteroatoms. The zero-order valence-electron chi connectivity index (χ0n) is 12.5. The number of piperazine rings is 1. The Balaban J connectivity index is 1.98. The van der Waals surface area contributed by atoms with E-state index in [4.69, 9.17) is 0 Å². The van der Waals surface area contributed by atoms with Gasteiger partial charge in [0.25, 0.3) is 0 Å². The fourth-order valence-electron chi connectivity index (χ4n) is 3.36. The lowest BCUT2D eigenvalue weighted by atomic mass is 10.1. The number of carbonyl (C=O) groups is 1. The van der Waals surface area contributed by atoms with Crippen LogP contribution in [0.25, 0.3) is 0 Å². The van der Waals surface area contributed by atoms with Crippen LogP contribution in [0.2, 0.25) is 0 Å². The van der Waals surface area contributed by atoms with E-state index in [1.807, 2.05) is 0 Å². The van der Waals surface area contributed by atoms with Crippen molar-refractivity contribution < 1.29 is 4.79 Å². The monoisotopic (exact) mass is 267 g/mol. The summed E-state index contributed by atoms with van der Waals surface area (Å²) in [5.74, 6) is 0.357. The maximum absolute atomic E-state index is 12.8. The fourth-order valence-corrected chi connectivity index (χ4v) is 3.36. The lowest BCUT2D eigenvalue weighted by Gasteiger charge is -2.37. The first kappa shape index (κ1) is 14.8. The molecular weight excluding hydrogens is 238 g/mol. The molecular formula is C15H29N3O. The van der Waals surface area contributed by atoms with Gasteiger partial charge in [0.1, 0.15) is 0 Å². The Labute approximate surface area is 117 Å². The molecule has 110 valence electrons. The van der Waals surface area contributed by atoms with Gasteiger partial charge < -0.3 is 10.2 Å². The summed E-state index contributed by atoms with van der Waals surface area (Å²) in [5, 5.41) is 3.35. The minimum atomic E-state index is 0.0502. The molecule has 1 amide bonds. The number of carbonyl (C=O) groups excluding carboxylic acids is 1. The van der Waals surface area contributed by atoms with Gasteiger partial charge in [-0.25, -0.2) is 0 Å². The molecule has 0 spiro atoms. The van der Waals surface area contributed by atoms with Gasteiger partial charge in [-0.1, -0.05) is 19.8 Å². The SMILES string of the molecule is CCC1CCCCCN1C(=O)C(C)N1CCNCC1. The van der Waals surface area contributed by atoms with Crippen LogP contribution in [0.5, 0.6) is 0 Å². The Hall–Kier alpha value is -0.610. The van der Waals surface area contributed by atoms with Crippen LogP contribution >= 0.6 is 0 Å². The maximum Gasteiger partial charge on any atom is 0.239 e. The van der Waals surface area contributed by atoms with Crippen molar-refractivity contribution >= 4 is 5.91 Å². The van der Waals surface area contributed by atoms with Gasteiger partial charge >= 0.3 is 0 Å². The van der Waals surface area contributed by atoms with Crippen molar-refractivity contribution in [3.05, 3.63) is 0 Å². The topological polar surface area (TPSA) is 35.6 Å². The van der Waals surface area contributed by atoms with E-state index >= 15 is 0 Å². The number of hydrogen-bond acceptors (Lipinski definition) is 3. The molecule has 0 bridgehead atoms. The fraction of sp³-hybridized carbons (Fsp3) is 0.933. The van der Waals surface area contributed by atoms with E-state index in [0.717, 1.165) is 39.1 Å². The minimum Gasteiger partial charge on any atom is -0.338 e. The lowest BCUT2D eigenvalue weighted by Crippen LogP contribution is -2.55. The maximum atomic E-state index is 12.8. The molecule has 1 N–H and O–H groups in total. The second-order valence-electron chi connectivity index (χ2n) is 5.90. The Bertz CT molecular complexity index is 289. The van der Waals surface area contributed by atoms with Gasteiger partial charge in [-0.3, -0.25) is 9.69 Å². The molecule has 2 heterocycles. The summed E-state index contributed by atoms with van der Waals surface area (Å²) < 4.78 is 0. The van der Waals surface area contributed by atoms with Gasteiger partial charge in [-0.15, -0.1) is 0 Å². The molecule has 2 aliphatic rings. The highest BCUT2D eigenvalue weighted by Gasteiger charge is 2.30. The number of likely N-dealkylation sites (tertiary alicyclic amines) is 1. The molecule has 2 unspecified atom stereocenters. The average molecular weight is 267 g/mol. The number of rotatable bonds is 3. The van der Waals surface area contributed by atoms with E-state index in [0.29, 0.717) is 11.9 Å². The second kappa shape index (κ2) is 7.25. The van der Waals surface area contributed by atoms with Crippen LogP contribution in [0.3, 0.4) is 0 Å². The molecule has 4 nitrogen and oxygen atoms in total. The highest BCUT2D eigenvalue weighted by Crippen LogP contribution is 2.21. The van der Waals surface area contributed by atoms with Gasteiger partial charge in [-0.05, 0) is 26.2 Å². The van der Waals surface area contributed by atoms with Crippen LogP contribution in [-0.2, 0) is 4.79 Å². The lowest BCUT2D eigenvalue weighted by molar-refractivity contribution is -0.139. The van der Waals surface area contributed by atoms with E-state index in [9.17, 15) is 4.79 Å². The Morgan fingerprint density at radius 2 is 1.95 bits per heavy atom. The normalized spacial score (nSPS) is 27.9. The molecule has 0 saturated carbocycles. The number of nitrogens with zero attached hydrogens (tertiary/aromatic N) is 2. The summed E-state index contributed by atoms with van der Waals surface area (Å²) in [5.41, 5.74) is 0. The van der Waals surface area contributed by atoms with Crippen molar-refractivity contribution in [2.45, 2.75) is 58.0 Å². The smallest absolute Gasteiger partial charge is 0.239 e. The molecule has 2 rings (SSSR count). The van der Waals surface area contributed by atoms with Crippen LogP contribution in [0.1, 0.15) is 46.0 Å². The van der Waals surface area contributed by atoms with Gasteiger partial charge in [0.05, 0.1) is 6.04 Å². The van der Waals surface area contributed by atoms with Crippen molar-refractivity contribution in [2.24, 2.45) is 0 Å². The number of amides is 1. The minimum absolute atomic E-state index is 0.0502. The molecule has 2 atom stereocenters. The predicted molar refractivity (Wildman–Crippen MR) is 78.2 cm³/mol.